The van der Waals surface area contributed by atoms with Gasteiger partial charge in [0.05, 0.1) is 28.9 Å². The van der Waals surface area contributed by atoms with Gasteiger partial charge in [-0.1, -0.05) is 109 Å². The van der Waals surface area contributed by atoms with Gasteiger partial charge in [0.1, 0.15) is 24.1 Å². The van der Waals surface area contributed by atoms with E-state index in [-0.39, 0.29) is 21.8 Å². The van der Waals surface area contributed by atoms with Crippen molar-refractivity contribution in [3.63, 3.8) is 0 Å². The lowest BCUT2D eigenvalue weighted by molar-refractivity contribution is -0.777. The molecule has 0 aliphatic heterocycles. The largest absolute Gasteiger partial charge is 0.691 e. The normalized spacial score (nSPS) is 10.6. The number of hydrogen-bond donors (Lipinski definition) is 2. The van der Waals surface area contributed by atoms with Crippen molar-refractivity contribution >= 4 is 57.8 Å². The van der Waals surface area contributed by atoms with Crippen LogP contribution in [0.1, 0.15) is 0 Å². The Hall–Kier alpha value is -4.90. The Kier molecular flexibility index (Phi) is 25.2. The molecule has 6 aromatic rings. The van der Waals surface area contributed by atoms with Gasteiger partial charge in [-0.15, -0.1) is 0 Å². The second-order valence-corrected chi connectivity index (χ2v) is 16.4. The van der Waals surface area contributed by atoms with E-state index in [4.69, 9.17) is 20.7 Å². The van der Waals surface area contributed by atoms with Crippen LogP contribution < -0.4 is 10.5 Å². The molecule has 0 fully saturated rings. The van der Waals surface area contributed by atoms with Gasteiger partial charge in [-0.25, -0.2) is 9.59 Å². The van der Waals surface area contributed by atoms with E-state index in [0.29, 0.717) is 0 Å². The molecule has 0 heterocycles. The second-order valence-electron chi connectivity index (χ2n) is 10.8. The van der Waals surface area contributed by atoms with Crippen molar-refractivity contribution in [2.75, 3.05) is 14.2 Å². The average molecular weight is 923 g/mol. The van der Waals surface area contributed by atoms with E-state index in [2.05, 4.69) is 205 Å². The maximum Gasteiger partial charge on any atom is 0.415 e. The summed E-state index contributed by atoms with van der Waals surface area (Å²) in [6, 6.07) is 64.3. The number of esters is 1. The van der Waals surface area contributed by atoms with Crippen LogP contribution in [0, 0.1) is 0 Å². The summed E-state index contributed by atoms with van der Waals surface area (Å²) in [5.41, 5.74) is 0. The highest BCUT2D eigenvalue weighted by molar-refractivity contribution is 7.97. The smallest absolute Gasteiger partial charge is 0.415 e. The van der Waals surface area contributed by atoms with Gasteiger partial charge in [0.15, 0.2) is 29.4 Å². The Bertz CT molecular complexity index is 1750. The zero-order chi connectivity index (χ0) is 44.9. The van der Waals surface area contributed by atoms with E-state index in [1.807, 2.05) is 0 Å². The molecule has 0 bridgehead atoms. The number of carbonyl (C=O) groups is 2. The van der Waals surface area contributed by atoms with E-state index in [9.17, 15) is 27.2 Å². The first-order chi connectivity index (χ1) is 29.4. The fraction of sp³-hybridized carbons (Fsp3) is 0.0952. The topological polar surface area (TPSA) is 167 Å². The molecular formula is C42H38F4O11S4. The highest BCUT2D eigenvalue weighted by Crippen LogP contribution is 2.33. The maximum atomic E-state index is 12.1. The monoisotopic (exact) mass is 922 g/mol. The van der Waals surface area contributed by atoms with Gasteiger partial charge in [0.2, 0.25) is 0 Å². The van der Waals surface area contributed by atoms with Crippen LogP contribution in [0.5, 0.6) is 0 Å². The van der Waals surface area contributed by atoms with Crippen LogP contribution in [-0.4, -0.2) is 46.9 Å². The number of carboxylic acids is 1. The van der Waals surface area contributed by atoms with Crippen LogP contribution in [0.15, 0.2) is 211 Å². The minimum Gasteiger partial charge on any atom is -0.691 e. The number of aliphatic hydroxyl groups excluding tert-OH is 1. The zero-order valence-electron chi connectivity index (χ0n) is 32.0. The number of halogens is 4. The lowest BCUT2D eigenvalue weighted by Gasteiger charge is -2.11. The van der Waals surface area contributed by atoms with Crippen molar-refractivity contribution < 1.29 is 71.4 Å². The summed E-state index contributed by atoms with van der Waals surface area (Å²) in [6.07, 6.45) is 0. The third-order valence-electron chi connectivity index (χ3n) is 6.88. The number of hydrogen-bond acceptors (Lipinski definition) is 12. The molecule has 0 aliphatic carbocycles. The van der Waals surface area contributed by atoms with Gasteiger partial charge in [0.25, 0.3) is 0 Å². The Balaban J connectivity index is 0.000000288. The van der Waals surface area contributed by atoms with Crippen molar-refractivity contribution in [2.45, 2.75) is 39.9 Å². The molecule has 61 heavy (non-hydrogen) atoms. The van der Waals surface area contributed by atoms with Crippen LogP contribution in [0.4, 0.5) is 17.6 Å². The number of carboxylic acid groups (broad SMARTS) is 1. The molecule has 0 radical (unpaired) electrons. The lowest BCUT2D eigenvalue weighted by Crippen LogP contribution is -2.26. The standard InChI is InChI=1S/2C18H15S.C3H4F2O5S.C2H2F2O5S.CH4O/c2*1-4-10-16(11-5-1)19(17-12-6-2-7-13-17)18-14-8-3-9-15-18;1-8-2(6)3(4,5)11-10-9-7;3-2(4,1(5)6)10-9-8-7;1-2/h2*1-15H;7H,1H3;7H,(H,5,6);2H,1H3/q2*+1;;;/p-2. The summed E-state index contributed by atoms with van der Waals surface area (Å²) in [5.74, 6) is -4.23. The van der Waals surface area contributed by atoms with Crippen LogP contribution >= 0.6 is 24.1 Å². The van der Waals surface area contributed by atoms with E-state index in [1.54, 1.807) is 0 Å². The number of ether oxygens (including phenoxy) is 1. The van der Waals surface area contributed by atoms with Gasteiger partial charge < -0.3 is 25.5 Å². The number of rotatable bonds is 14. The third kappa shape index (κ3) is 18.7. The van der Waals surface area contributed by atoms with Crippen molar-refractivity contribution in [3.05, 3.63) is 182 Å². The molecule has 11 nitrogen and oxygen atoms in total. The van der Waals surface area contributed by atoms with Gasteiger partial charge >= 0.3 is 22.4 Å². The molecule has 0 aliphatic rings. The van der Waals surface area contributed by atoms with E-state index in [1.165, 1.54) is 29.4 Å². The predicted octanol–water partition coefficient (Wildman–Crippen LogP) is 8.33. The Morgan fingerprint density at radius 1 is 0.475 bits per heavy atom. The molecule has 324 valence electrons. The van der Waals surface area contributed by atoms with E-state index in [0.717, 1.165) is 14.2 Å². The molecular weight excluding hydrogens is 885 g/mol. The molecule has 0 aromatic heterocycles. The lowest BCUT2D eigenvalue weighted by atomic mass is 10.4. The second kappa shape index (κ2) is 29.4. The van der Waals surface area contributed by atoms with Crippen molar-refractivity contribution in [3.8, 4) is 0 Å². The minimum absolute atomic E-state index is 0.0146. The quantitative estimate of drug-likeness (QED) is 0.0268. The molecule has 0 amide bonds. The highest BCUT2D eigenvalue weighted by Gasteiger charge is 2.43. The van der Waals surface area contributed by atoms with Gasteiger partial charge in [-0.05, 0) is 72.8 Å². The minimum atomic E-state index is -4.16. The van der Waals surface area contributed by atoms with Gasteiger partial charge in [-0.2, -0.15) is 26.2 Å². The predicted molar refractivity (Wildman–Crippen MR) is 220 cm³/mol. The first-order valence-corrected chi connectivity index (χ1v) is 21.0. The van der Waals surface area contributed by atoms with Crippen molar-refractivity contribution in [1.82, 2.24) is 0 Å². The zero-order valence-corrected chi connectivity index (χ0v) is 35.3. The molecule has 0 spiro atoms. The van der Waals surface area contributed by atoms with E-state index >= 15 is 0 Å². The molecule has 0 atom stereocenters. The number of aliphatic carboxylic acids is 1. The molecule has 0 unspecified atom stereocenters. The van der Waals surface area contributed by atoms with Crippen LogP contribution in [-0.2, 0) is 54.9 Å². The summed E-state index contributed by atoms with van der Waals surface area (Å²) in [7, 11) is 1.74. The van der Waals surface area contributed by atoms with E-state index < -0.39 is 46.5 Å². The summed E-state index contributed by atoms with van der Waals surface area (Å²) in [4.78, 5) is 27.8. The number of aliphatic hydroxyl groups is 1. The summed E-state index contributed by atoms with van der Waals surface area (Å²) >= 11 is -1.61. The highest BCUT2D eigenvalue weighted by atomic mass is 32.2. The SMILES string of the molecule is CO.COC(=O)C(F)(F)SOO[O-].O=C(O)C(F)(F)SOO[O-].c1ccc([S+](c2ccccc2)c2ccccc2)cc1.c1ccc([S+](c2ccccc2)c2ccccc2)cc1. The molecule has 0 saturated heterocycles. The molecule has 19 heteroatoms. The van der Waals surface area contributed by atoms with Crippen LogP contribution in [0.2, 0.25) is 0 Å². The number of alkyl halides is 4. The van der Waals surface area contributed by atoms with Gasteiger partial charge in [0, 0.05) is 7.11 Å². The van der Waals surface area contributed by atoms with Crippen molar-refractivity contribution in [1.29, 1.82) is 0 Å². The summed E-state index contributed by atoms with van der Waals surface area (Å²) in [6.45, 7) is 0. The molecule has 2 N–H and O–H groups in total. The van der Waals surface area contributed by atoms with Crippen molar-refractivity contribution in [2.24, 2.45) is 0 Å². The number of carbonyl (C=O) groups excluding carboxylic acids is 1. The van der Waals surface area contributed by atoms with Crippen LogP contribution in [0.25, 0.3) is 0 Å². The molecule has 0 saturated carbocycles. The average Bonchev–Trinajstić information content (AvgIpc) is 3.31. The van der Waals surface area contributed by atoms with Crippen LogP contribution in [0.3, 0.4) is 0 Å². The number of methoxy groups -OCH3 is 1. The third-order valence-corrected chi connectivity index (χ3v) is 12.3. The fourth-order valence-corrected chi connectivity index (χ4v) is 9.12. The Labute approximate surface area is 363 Å². The first-order valence-electron chi connectivity index (χ1n) is 17.0. The van der Waals surface area contributed by atoms with Gasteiger partial charge in [-0.3, -0.25) is 10.1 Å². The molecule has 6 rings (SSSR count). The maximum absolute atomic E-state index is 12.1. The fourth-order valence-electron chi connectivity index (χ4n) is 4.46. The first kappa shape index (κ1) is 52.2. The molecule has 6 aromatic carbocycles. The summed E-state index contributed by atoms with van der Waals surface area (Å²) in [5, 5.41) is 29.6. The number of benzene rings is 6. The Morgan fingerprint density at radius 2 is 0.689 bits per heavy atom. The Morgan fingerprint density at radius 3 is 0.869 bits per heavy atom. The summed E-state index contributed by atoms with van der Waals surface area (Å²) < 4.78 is 57.8.